The first kappa shape index (κ1) is 28.4. The monoisotopic (exact) mass is 539 g/mol. The summed E-state index contributed by atoms with van der Waals surface area (Å²) in [6.45, 7) is 2.45. The van der Waals surface area contributed by atoms with Gasteiger partial charge in [-0.3, -0.25) is 14.4 Å². The number of amides is 2. The Morgan fingerprint density at radius 1 is 0.973 bits per heavy atom. The number of fused-ring (bicyclic) bond motifs is 1. The van der Waals surface area contributed by atoms with Crippen LogP contribution in [0.3, 0.4) is 0 Å². The zero-order valence-electron chi connectivity index (χ0n) is 22.3. The summed E-state index contributed by atoms with van der Waals surface area (Å²) in [5.41, 5.74) is 0. The van der Waals surface area contributed by atoms with Gasteiger partial charge in [-0.05, 0) is 52.0 Å². The van der Waals surface area contributed by atoms with E-state index in [1.807, 2.05) is 0 Å². The Kier molecular flexibility index (Phi) is 9.63. The van der Waals surface area contributed by atoms with E-state index in [1.165, 1.54) is 10.7 Å². The van der Waals surface area contributed by atoms with Gasteiger partial charge in [-0.25, -0.2) is 8.42 Å². The van der Waals surface area contributed by atoms with Gasteiger partial charge in [0, 0.05) is 25.2 Å². The van der Waals surface area contributed by atoms with Crippen molar-refractivity contribution in [3.8, 4) is 0 Å². The highest BCUT2D eigenvalue weighted by molar-refractivity contribution is 7.89. The SMILES string of the molecule is CNC(C)C(=O)NC(C(=O)CS(=O)(=O)N1CCC2NCC(C(=O)NC3CCCCC3)C21)C1CCCCC1. The van der Waals surface area contributed by atoms with Gasteiger partial charge in [-0.15, -0.1) is 0 Å². The van der Waals surface area contributed by atoms with Crippen molar-refractivity contribution in [2.75, 3.05) is 25.9 Å². The van der Waals surface area contributed by atoms with Crippen LogP contribution in [0.25, 0.3) is 0 Å². The van der Waals surface area contributed by atoms with Gasteiger partial charge in [0.2, 0.25) is 21.8 Å². The van der Waals surface area contributed by atoms with Crippen molar-refractivity contribution in [2.24, 2.45) is 11.8 Å². The van der Waals surface area contributed by atoms with Crippen LogP contribution in [0.1, 0.15) is 77.6 Å². The predicted octanol–water partition coefficient (Wildman–Crippen LogP) is 0.670. The lowest BCUT2D eigenvalue weighted by Gasteiger charge is -2.32. The van der Waals surface area contributed by atoms with E-state index in [0.29, 0.717) is 19.5 Å². The lowest BCUT2D eigenvalue weighted by atomic mass is 9.82. The molecular weight excluding hydrogens is 494 g/mol. The second-order valence-corrected chi connectivity index (χ2v) is 13.4. The lowest BCUT2D eigenvalue weighted by Crippen LogP contribution is -2.54. The van der Waals surface area contributed by atoms with Crippen LogP contribution >= 0.6 is 0 Å². The van der Waals surface area contributed by atoms with Gasteiger partial charge in [-0.1, -0.05) is 38.5 Å². The van der Waals surface area contributed by atoms with Crippen molar-refractivity contribution in [3.05, 3.63) is 0 Å². The molecule has 10 nitrogen and oxygen atoms in total. The number of likely N-dealkylation sites (N-methyl/N-ethyl adjacent to an activating group) is 1. The zero-order chi connectivity index (χ0) is 26.6. The van der Waals surface area contributed by atoms with E-state index in [-0.39, 0.29) is 29.8 Å². The molecule has 0 spiro atoms. The molecule has 5 unspecified atom stereocenters. The molecule has 2 amide bonds. The molecule has 4 rings (SSSR count). The maximum absolute atomic E-state index is 13.6. The number of carbonyl (C=O) groups excluding carboxylic acids is 3. The van der Waals surface area contributed by atoms with Crippen LogP contribution in [0.15, 0.2) is 0 Å². The lowest BCUT2D eigenvalue weighted by molar-refractivity contribution is -0.129. The summed E-state index contributed by atoms with van der Waals surface area (Å²) in [5, 5.41) is 12.2. The number of nitrogens with zero attached hydrogens (tertiary/aromatic N) is 1. The summed E-state index contributed by atoms with van der Waals surface area (Å²) in [5.74, 6) is -2.02. The van der Waals surface area contributed by atoms with E-state index in [1.54, 1.807) is 14.0 Å². The Hall–Kier alpha value is -1.56. The minimum Gasteiger partial charge on any atom is -0.353 e. The van der Waals surface area contributed by atoms with E-state index in [4.69, 9.17) is 0 Å². The van der Waals surface area contributed by atoms with E-state index >= 15 is 0 Å². The highest BCUT2D eigenvalue weighted by atomic mass is 32.2. The molecule has 37 heavy (non-hydrogen) atoms. The largest absolute Gasteiger partial charge is 0.353 e. The maximum Gasteiger partial charge on any atom is 0.237 e. The molecule has 4 fully saturated rings. The fourth-order valence-electron chi connectivity index (χ4n) is 6.71. The zero-order valence-corrected chi connectivity index (χ0v) is 23.2. The summed E-state index contributed by atoms with van der Waals surface area (Å²) in [4.78, 5) is 39.3. The molecular formula is C26H45N5O5S. The van der Waals surface area contributed by atoms with Gasteiger partial charge in [0.25, 0.3) is 0 Å². The molecule has 0 aromatic rings. The fraction of sp³-hybridized carbons (Fsp3) is 0.885. The third-order valence-corrected chi connectivity index (χ3v) is 10.8. The Labute approximate surface area is 221 Å². The Balaban J connectivity index is 1.45. The van der Waals surface area contributed by atoms with Gasteiger partial charge in [0.1, 0.15) is 5.75 Å². The number of nitrogens with one attached hydrogen (secondary N) is 4. The van der Waals surface area contributed by atoms with Crippen LogP contribution in [-0.4, -0.2) is 86.4 Å². The van der Waals surface area contributed by atoms with Gasteiger partial charge in [0.15, 0.2) is 5.78 Å². The molecule has 0 aromatic heterocycles. The van der Waals surface area contributed by atoms with Crippen molar-refractivity contribution in [1.82, 2.24) is 25.6 Å². The van der Waals surface area contributed by atoms with Crippen molar-refractivity contribution in [1.29, 1.82) is 0 Å². The van der Waals surface area contributed by atoms with Crippen LogP contribution in [-0.2, 0) is 24.4 Å². The normalized spacial score (nSPS) is 29.4. The average Bonchev–Trinajstić information content (AvgIpc) is 3.50. The molecule has 11 heteroatoms. The molecule has 2 heterocycles. The standard InChI is InChI=1S/C26H45N5O5S/c1-17(27-2)25(33)30-23(18-9-5-3-6-10-18)22(32)16-37(35,36)31-14-13-21-24(31)20(15-28-21)26(34)29-19-11-7-4-8-12-19/h17-21,23-24,27-28H,3-16H2,1-2H3,(H,29,34)(H,30,33). The van der Waals surface area contributed by atoms with Crippen molar-refractivity contribution in [3.63, 3.8) is 0 Å². The highest BCUT2D eigenvalue weighted by Gasteiger charge is 2.52. The minimum absolute atomic E-state index is 0.0575. The molecule has 210 valence electrons. The Morgan fingerprint density at radius 2 is 1.62 bits per heavy atom. The van der Waals surface area contributed by atoms with Crippen LogP contribution in [0.4, 0.5) is 0 Å². The summed E-state index contributed by atoms with van der Waals surface area (Å²) in [6, 6.07) is -1.70. The number of hydrogen-bond donors (Lipinski definition) is 4. The van der Waals surface area contributed by atoms with Crippen molar-refractivity contribution < 1.29 is 22.8 Å². The fourth-order valence-corrected chi connectivity index (χ4v) is 8.46. The van der Waals surface area contributed by atoms with Gasteiger partial charge in [0.05, 0.1) is 24.0 Å². The quantitative estimate of drug-likeness (QED) is 0.320. The molecule has 2 saturated carbocycles. The van der Waals surface area contributed by atoms with E-state index < -0.39 is 45.6 Å². The molecule has 5 atom stereocenters. The smallest absolute Gasteiger partial charge is 0.237 e. The summed E-state index contributed by atoms with van der Waals surface area (Å²) < 4.78 is 28.7. The first-order valence-electron chi connectivity index (χ1n) is 14.2. The van der Waals surface area contributed by atoms with Crippen molar-refractivity contribution >= 4 is 27.6 Å². The van der Waals surface area contributed by atoms with Crippen LogP contribution in [0.2, 0.25) is 0 Å². The highest BCUT2D eigenvalue weighted by Crippen LogP contribution is 2.33. The Bertz CT molecular complexity index is 932. The van der Waals surface area contributed by atoms with Gasteiger partial charge >= 0.3 is 0 Å². The van der Waals surface area contributed by atoms with E-state index in [9.17, 15) is 22.8 Å². The van der Waals surface area contributed by atoms with Crippen LogP contribution < -0.4 is 21.3 Å². The number of sulfonamides is 1. The molecule has 0 bridgehead atoms. The number of carbonyl (C=O) groups is 3. The molecule has 2 aliphatic carbocycles. The predicted molar refractivity (Wildman–Crippen MR) is 141 cm³/mol. The van der Waals surface area contributed by atoms with Crippen molar-refractivity contribution in [2.45, 2.75) is 108 Å². The third kappa shape index (κ3) is 6.72. The molecule has 2 aliphatic heterocycles. The number of Topliss-reactive ketones (excluding diaryl/α,β-unsaturated/α-hetero) is 1. The molecule has 4 N–H and O–H groups in total. The summed E-state index contributed by atoms with van der Waals surface area (Å²) >= 11 is 0. The van der Waals surface area contributed by atoms with E-state index in [2.05, 4.69) is 21.3 Å². The molecule has 2 saturated heterocycles. The Morgan fingerprint density at radius 3 is 2.27 bits per heavy atom. The average molecular weight is 540 g/mol. The third-order valence-electron chi connectivity index (χ3n) is 8.98. The van der Waals surface area contributed by atoms with E-state index in [0.717, 1.165) is 57.8 Å². The number of rotatable bonds is 10. The molecule has 0 radical (unpaired) electrons. The van der Waals surface area contributed by atoms with Crippen LogP contribution in [0, 0.1) is 11.8 Å². The minimum atomic E-state index is -3.96. The van der Waals surface area contributed by atoms with Crippen LogP contribution in [0.5, 0.6) is 0 Å². The number of ketones is 1. The first-order valence-corrected chi connectivity index (χ1v) is 15.9. The topological polar surface area (TPSA) is 137 Å². The second-order valence-electron chi connectivity index (χ2n) is 11.5. The first-order chi connectivity index (χ1) is 17.7. The summed E-state index contributed by atoms with van der Waals surface area (Å²) in [6.07, 6.45) is 10.6. The van der Waals surface area contributed by atoms with Gasteiger partial charge < -0.3 is 21.3 Å². The summed E-state index contributed by atoms with van der Waals surface area (Å²) in [7, 11) is -2.29. The maximum atomic E-state index is 13.6. The molecule has 4 aliphatic rings. The second kappa shape index (κ2) is 12.5. The molecule has 0 aromatic carbocycles. The van der Waals surface area contributed by atoms with Gasteiger partial charge in [-0.2, -0.15) is 4.31 Å². The number of hydrogen-bond acceptors (Lipinski definition) is 7.